The average molecular weight is 464 g/mol. The molecule has 0 saturated carbocycles. The van der Waals surface area contributed by atoms with E-state index in [1.54, 1.807) is 24.2 Å². The topological polar surface area (TPSA) is 70.2 Å². The van der Waals surface area contributed by atoms with Crippen LogP contribution in [0.3, 0.4) is 0 Å². The number of nitrogens with zero attached hydrogens (tertiary/aromatic N) is 3. The molecule has 33 heavy (non-hydrogen) atoms. The van der Waals surface area contributed by atoms with Gasteiger partial charge in [0.25, 0.3) is 0 Å². The summed E-state index contributed by atoms with van der Waals surface area (Å²) < 4.78 is 0. The molecule has 1 aromatic heterocycles. The van der Waals surface area contributed by atoms with Gasteiger partial charge in [-0.15, -0.1) is 11.8 Å². The maximum Gasteiger partial charge on any atom is 0.323 e. The molecule has 0 aliphatic carbocycles. The first-order valence-electron chi connectivity index (χ1n) is 11.3. The largest absolute Gasteiger partial charge is 0.369 e. The molecule has 2 aromatic carbocycles. The summed E-state index contributed by atoms with van der Waals surface area (Å²) >= 11 is 1.76. The number of amides is 2. The van der Waals surface area contributed by atoms with Crippen molar-refractivity contribution in [1.29, 1.82) is 0 Å². The van der Waals surface area contributed by atoms with Gasteiger partial charge in [0.15, 0.2) is 0 Å². The van der Waals surface area contributed by atoms with Crippen molar-refractivity contribution in [2.45, 2.75) is 38.3 Å². The number of nitrogens with one attached hydrogen (secondary N) is 2. The van der Waals surface area contributed by atoms with Gasteiger partial charge in [-0.2, -0.15) is 0 Å². The van der Waals surface area contributed by atoms with Crippen LogP contribution in [0.25, 0.3) is 0 Å². The van der Waals surface area contributed by atoms with Crippen LogP contribution in [0.5, 0.6) is 0 Å². The molecule has 0 atom stereocenters. The summed E-state index contributed by atoms with van der Waals surface area (Å²) in [5.41, 5.74) is 3.64. The third kappa shape index (κ3) is 8.09. The van der Waals surface area contributed by atoms with Crippen molar-refractivity contribution >= 4 is 34.9 Å². The maximum absolute atomic E-state index is 12.8. The van der Waals surface area contributed by atoms with E-state index >= 15 is 0 Å². The number of carbonyl (C=O) groups excluding carboxylic acids is 1. The molecular weight excluding hydrogens is 430 g/mol. The van der Waals surface area contributed by atoms with E-state index < -0.39 is 0 Å². The molecule has 2 N–H and O–H groups in total. The van der Waals surface area contributed by atoms with Crippen molar-refractivity contribution in [2.24, 2.45) is 11.8 Å². The molecule has 174 valence electrons. The monoisotopic (exact) mass is 463 g/mol. The van der Waals surface area contributed by atoms with Crippen molar-refractivity contribution in [2.75, 3.05) is 28.6 Å². The van der Waals surface area contributed by atoms with E-state index in [4.69, 9.17) is 0 Å². The fourth-order valence-electron chi connectivity index (χ4n) is 3.52. The van der Waals surface area contributed by atoms with Crippen LogP contribution >= 0.6 is 11.8 Å². The number of thioether (sulfide) groups is 1. The van der Waals surface area contributed by atoms with E-state index in [1.165, 1.54) is 11.9 Å². The lowest BCUT2D eigenvalue weighted by molar-refractivity contribution is 0.262. The van der Waals surface area contributed by atoms with Crippen LogP contribution in [0.15, 0.2) is 72.1 Å². The molecule has 3 rings (SSSR count). The van der Waals surface area contributed by atoms with E-state index in [0.29, 0.717) is 17.5 Å². The van der Waals surface area contributed by atoms with E-state index in [0.717, 1.165) is 35.1 Å². The fraction of sp³-hybridized carbons (Fsp3) is 0.346. The molecule has 3 aromatic rings. The zero-order valence-electron chi connectivity index (χ0n) is 19.8. The molecule has 0 aliphatic rings. The van der Waals surface area contributed by atoms with Gasteiger partial charge < -0.3 is 15.5 Å². The minimum absolute atomic E-state index is 0.315. The lowest BCUT2D eigenvalue weighted by Gasteiger charge is -2.30. The number of carbonyl (C=O) groups is 1. The highest BCUT2D eigenvalue weighted by Crippen LogP contribution is 2.33. The van der Waals surface area contributed by atoms with Crippen molar-refractivity contribution in [3.63, 3.8) is 0 Å². The van der Waals surface area contributed by atoms with Crippen molar-refractivity contribution in [3.8, 4) is 0 Å². The highest BCUT2D eigenvalue weighted by molar-refractivity contribution is 7.98. The number of hydrogen-bond acceptors (Lipinski definition) is 5. The Hall–Kier alpha value is -3.06. The van der Waals surface area contributed by atoms with Crippen molar-refractivity contribution < 1.29 is 4.79 Å². The highest BCUT2D eigenvalue weighted by Gasteiger charge is 2.17. The Morgan fingerprint density at radius 3 is 2.24 bits per heavy atom. The smallest absolute Gasteiger partial charge is 0.323 e. The number of benzene rings is 2. The van der Waals surface area contributed by atoms with Crippen molar-refractivity contribution in [1.82, 2.24) is 9.97 Å². The molecule has 6 nitrogen and oxygen atoms in total. The summed E-state index contributed by atoms with van der Waals surface area (Å²) in [6.07, 6.45) is 4.58. The van der Waals surface area contributed by atoms with E-state index in [9.17, 15) is 4.79 Å². The van der Waals surface area contributed by atoms with Crippen molar-refractivity contribution in [3.05, 3.63) is 72.8 Å². The molecule has 2 amide bonds. The van der Waals surface area contributed by atoms with Gasteiger partial charge in [-0.3, -0.25) is 0 Å². The molecule has 0 fully saturated rings. The van der Waals surface area contributed by atoms with Gasteiger partial charge in [0.2, 0.25) is 0 Å². The lowest BCUT2D eigenvalue weighted by Crippen LogP contribution is -2.32. The Balaban J connectivity index is 1.85. The van der Waals surface area contributed by atoms with Crippen LogP contribution in [-0.2, 0) is 5.75 Å². The quantitative estimate of drug-likeness (QED) is 0.334. The Morgan fingerprint density at radius 2 is 1.61 bits per heavy atom. The average Bonchev–Trinajstić information content (AvgIpc) is 2.78. The first-order valence-corrected chi connectivity index (χ1v) is 12.3. The Kier molecular flexibility index (Phi) is 9.13. The predicted molar refractivity (Wildman–Crippen MR) is 139 cm³/mol. The normalized spacial score (nSPS) is 11.0. The number of anilines is 3. The zero-order chi connectivity index (χ0) is 23.6. The maximum atomic E-state index is 12.8. The third-order valence-corrected chi connectivity index (χ3v) is 5.86. The first kappa shape index (κ1) is 24.6. The van der Waals surface area contributed by atoms with Gasteiger partial charge in [-0.1, -0.05) is 58.0 Å². The Morgan fingerprint density at radius 1 is 0.939 bits per heavy atom. The third-order valence-electron chi connectivity index (χ3n) is 4.79. The van der Waals surface area contributed by atoms with Gasteiger partial charge in [0.1, 0.15) is 6.33 Å². The standard InChI is InChI=1S/C26H33N5OS/c1-19(2)15-31(16-20(3)4)25-11-10-23(33-17-21-8-6-5-7-9-21)12-24(25)30-26(32)29-22-13-27-18-28-14-22/h5-14,18-20H,15-17H2,1-4H3,(H2,29,30,32). The summed E-state index contributed by atoms with van der Waals surface area (Å²) in [7, 11) is 0. The number of aromatic nitrogens is 2. The summed E-state index contributed by atoms with van der Waals surface area (Å²) in [5.74, 6) is 1.87. The zero-order valence-corrected chi connectivity index (χ0v) is 20.6. The van der Waals surface area contributed by atoms with Gasteiger partial charge >= 0.3 is 6.03 Å². The number of urea groups is 1. The molecule has 0 aliphatic heterocycles. The summed E-state index contributed by atoms with van der Waals surface area (Å²) in [4.78, 5) is 24.2. The van der Waals surface area contributed by atoms with Crippen LogP contribution in [0, 0.1) is 11.8 Å². The van der Waals surface area contributed by atoms with E-state index in [-0.39, 0.29) is 6.03 Å². The lowest BCUT2D eigenvalue weighted by atomic mass is 10.1. The molecule has 0 radical (unpaired) electrons. The van der Waals surface area contributed by atoms with E-state index in [2.05, 4.69) is 95.7 Å². The van der Waals surface area contributed by atoms with Gasteiger partial charge in [0.05, 0.1) is 29.5 Å². The molecule has 0 bridgehead atoms. The predicted octanol–water partition coefficient (Wildman–Crippen LogP) is 6.53. The minimum atomic E-state index is -0.315. The second-order valence-electron chi connectivity index (χ2n) is 8.85. The van der Waals surface area contributed by atoms with Crippen LogP contribution in [0.4, 0.5) is 21.9 Å². The second kappa shape index (κ2) is 12.3. The van der Waals surface area contributed by atoms with Crippen LogP contribution in [0.1, 0.15) is 33.3 Å². The van der Waals surface area contributed by atoms with Crippen LogP contribution < -0.4 is 15.5 Å². The van der Waals surface area contributed by atoms with E-state index in [1.807, 2.05) is 6.07 Å². The number of hydrogen-bond donors (Lipinski definition) is 2. The summed E-state index contributed by atoms with van der Waals surface area (Å²) in [6.45, 7) is 10.7. The summed E-state index contributed by atoms with van der Waals surface area (Å²) in [6, 6.07) is 16.4. The second-order valence-corrected chi connectivity index (χ2v) is 9.90. The fourth-order valence-corrected chi connectivity index (χ4v) is 4.41. The Bertz CT molecular complexity index is 1000. The number of rotatable bonds is 10. The SMILES string of the molecule is CC(C)CN(CC(C)C)c1ccc(SCc2ccccc2)cc1NC(=O)Nc1cncnc1. The van der Waals surface area contributed by atoms with Gasteiger partial charge in [-0.05, 0) is 35.6 Å². The Labute approximate surface area is 201 Å². The molecule has 0 saturated heterocycles. The highest BCUT2D eigenvalue weighted by atomic mass is 32.2. The molecule has 0 unspecified atom stereocenters. The van der Waals surface area contributed by atoms with Gasteiger partial charge in [0, 0.05) is 23.7 Å². The first-order chi connectivity index (χ1) is 15.9. The summed E-state index contributed by atoms with van der Waals surface area (Å²) in [5, 5.41) is 5.88. The minimum Gasteiger partial charge on any atom is -0.369 e. The molecule has 7 heteroatoms. The molecule has 1 heterocycles. The van der Waals surface area contributed by atoms with Crippen LogP contribution in [-0.4, -0.2) is 29.1 Å². The molecular formula is C26H33N5OS. The van der Waals surface area contributed by atoms with Gasteiger partial charge in [-0.25, -0.2) is 14.8 Å². The van der Waals surface area contributed by atoms with Crippen LogP contribution in [0.2, 0.25) is 0 Å². The molecule has 0 spiro atoms.